The van der Waals surface area contributed by atoms with Gasteiger partial charge in [-0.15, -0.1) is 0 Å². The molecule has 130 valence electrons. The fourth-order valence-corrected chi connectivity index (χ4v) is 3.54. The molecule has 0 amide bonds. The van der Waals surface area contributed by atoms with Crippen molar-refractivity contribution in [2.45, 2.75) is 26.3 Å². The largest absolute Gasteiger partial charge is 0.354 e. The van der Waals surface area contributed by atoms with Gasteiger partial charge in [-0.05, 0) is 36.6 Å². The number of fused-ring (bicyclic) bond motifs is 1. The van der Waals surface area contributed by atoms with E-state index in [1.807, 2.05) is 18.2 Å². The molecule has 25 heavy (non-hydrogen) atoms. The van der Waals surface area contributed by atoms with Crippen LogP contribution in [0.4, 0.5) is 5.82 Å². The summed E-state index contributed by atoms with van der Waals surface area (Å²) in [6.45, 7) is 7.52. The summed E-state index contributed by atoms with van der Waals surface area (Å²) < 4.78 is 0. The molecular weight excluding hydrogens is 312 g/mol. The van der Waals surface area contributed by atoms with Crippen molar-refractivity contribution < 1.29 is 0 Å². The Balaban J connectivity index is 1.61. The molecule has 3 aromatic rings. The molecule has 3 aromatic heterocycles. The molecule has 0 unspecified atom stereocenters. The summed E-state index contributed by atoms with van der Waals surface area (Å²) in [5.74, 6) is 1.72. The third-order valence-electron chi connectivity index (χ3n) is 4.65. The lowest BCUT2D eigenvalue weighted by atomic mass is 10.0. The second-order valence-electron chi connectivity index (χ2n) is 7.08. The number of aromatic nitrogens is 4. The second kappa shape index (κ2) is 6.80. The first-order valence-corrected chi connectivity index (χ1v) is 8.95. The van der Waals surface area contributed by atoms with E-state index in [2.05, 4.69) is 51.4 Å². The summed E-state index contributed by atoms with van der Waals surface area (Å²) in [4.78, 5) is 11.6. The van der Waals surface area contributed by atoms with E-state index in [-0.39, 0.29) is 0 Å². The normalized spacial score (nSPS) is 18.2. The summed E-state index contributed by atoms with van der Waals surface area (Å²) in [5, 5.41) is 12.0. The van der Waals surface area contributed by atoms with Crippen LogP contribution in [0.5, 0.6) is 0 Å². The van der Waals surface area contributed by atoms with E-state index < -0.39 is 0 Å². The fourth-order valence-electron chi connectivity index (χ4n) is 3.54. The number of H-pyrrole nitrogens is 1. The van der Waals surface area contributed by atoms with E-state index in [0.29, 0.717) is 12.0 Å². The van der Waals surface area contributed by atoms with Crippen molar-refractivity contribution in [1.29, 1.82) is 0 Å². The highest BCUT2D eigenvalue weighted by Gasteiger charge is 2.21. The van der Waals surface area contributed by atoms with Crippen LogP contribution in [0.25, 0.3) is 22.4 Å². The molecule has 0 saturated carbocycles. The topological polar surface area (TPSA) is 69.7 Å². The van der Waals surface area contributed by atoms with Crippen LogP contribution >= 0.6 is 0 Å². The molecule has 1 fully saturated rings. The van der Waals surface area contributed by atoms with Crippen molar-refractivity contribution in [3.63, 3.8) is 0 Å². The molecule has 2 N–H and O–H groups in total. The predicted molar refractivity (Wildman–Crippen MR) is 101 cm³/mol. The Morgan fingerprint density at radius 3 is 3.04 bits per heavy atom. The SMILES string of the molecule is CC(C)C[C@H]1CN(c2cccc(-c3n[nH]c4ncccc34)n2)CCN1. The molecule has 1 aliphatic heterocycles. The van der Waals surface area contributed by atoms with Crippen molar-refractivity contribution in [3.05, 3.63) is 36.5 Å². The van der Waals surface area contributed by atoms with Gasteiger partial charge < -0.3 is 10.2 Å². The molecule has 1 aliphatic rings. The summed E-state index contributed by atoms with van der Waals surface area (Å²) in [6, 6.07) is 10.6. The zero-order chi connectivity index (χ0) is 17.2. The molecule has 6 nitrogen and oxygen atoms in total. The van der Waals surface area contributed by atoms with Crippen LogP contribution in [-0.4, -0.2) is 45.8 Å². The molecular formula is C19H24N6. The maximum atomic E-state index is 4.89. The Morgan fingerprint density at radius 2 is 2.16 bits per heavy atom. The molecule has 0 aromatic carbocycles. The molecule has 1 atom stereocenters. The summed E-state index contributed by atoms with van der Waals surface area (Å²) in [5.41, 5.74) is 2.54. The van der Waals surface area contributed by atoms with Gasteiger partial charge in [-0.1, -0.05) is 19.9 Å². The van der Waals surface area contributed by atoms with Gasteiger partial charge in [-0.25, -0.2) is 9.97 Å². The van der Waals surface area contributed by atoms with E-state index in [1.165, 1.54) is 6.42 Å². The van der Waals surface area contributed by atoms with E-state index in [0.717, 1.165) is 47.9 Å². The maximum absolute atomic E-state index is 4.89. The Labute approximate surface area is 147 Å². The third-order valence-corrected chi connectivity index (χ3v) is 4.65. The van der Waals surface area contributed by atoms with Gasteiger partial charge in [-0.3, -0.25) is 5.10 Å². The number of nitrogens with one attached hydrogen (secondary N) is 2. The summed E-state index contributed by atoms with van der Waals surface area (Å²) in [7, 11) is 0. The van der Waals surface area contributed by atoms with Gasteiger partial charge in [0.2, 0.25) is 0 Å². The number of pyridine rings is 2. The number of nitrogens with zero attached hydrogens (tertiary/aromatic N) is 4. The summed E-state index contributed by atoms with van der Waals surface area (Å²) in [6.07, 6.45) is 2.95. The number of rotatable bonds is 4. The van der Waals surface area contributed by atoms with Gasteiger partial charge in [0.05, 0.1) is 5.69 Å². The fraction of sp³-hybridized carbons (Fsp3) is 0.421. The van der Waals surface area contributed by atoms with Crippen LogP contribution in [0.2, 0.25) is 0 Å². The molecule has 0 spiro atoms. The number of hydrogen-bond acceptors (Lipinski definition) is 5. The molecule has 4 heterocycles. The zero-order valence-corrected chi connectivity index (χ0v) is 14.7. The predicted octanol–water partition coefficient (Wildman–Crippen LogP) is 2.84. The van der Waals surface area contributed by atoms with Crippen molar-refractivity contribution in [2.24, 2.45) is 5.92 Å². The average Bonchev–Trinajstić information content (AvgIpc) is 3.06. The van der Waals surface area contributed by atoms with Gasteiger partial charge in [-0.2, -0.15) is 5.10 Å². The zero-order valence-electron chi connectivity index (χ0n) is 14.7. The first kappa shape index (κ1) is 16.0. The highest BCUT2D eigenvalue weighted by atomic mass is 15.2. The van der Waals surface area contributed by atoms with E-state index >= 15 is 0 Å². The Morgan fingerprint density at radius 1 is 1.24 bits per heavy atom. The number of anilines is 1. The number of piperazine rings is 1. The minimum absolute atomic E-state index is 0.523. The van der Waals surface area contributed by atoms with Crippen molar-refractivity contribution >= 4 is 16.9 Å². The molecule has 0 radical (unpaired) electrons. The minimum atomic E-state index is 0.523. The minimum Gasteiger partial charge on any atom is -0.354 e. The lowest BCUT2D eigenvalue weighted by Crippen LogP contribution is -2.51. The second-order valence-corrected chi connectivity index (χ2v) is 7.08. The highest BCUT2D eigenvalue weighted by molar-refractivity contribution is 5.89. The third kappa shape index (κ3) is 3.35. The van der Waals surface area contributed by atoms with Crippen LogP contribution in [0.1, 0.15) is 20.3 Å². The lowest BCUT2D eigenvalue weighted by Gasteiger charge is -2.35. The van der Waals surface area contributed by atoms with E-state index in [1.54, 1.807) is 6.20 Å². The summed E-state index contributed by atoms with van der Waals surface area (Å²) >= 11 is 0. The highest BCUT2D eigenvalue weighted by Crippen LogP contribution is 2.26. The Hall–Kier alpha value is -2.47. The molecule has 0 bridgehead atoms. The van der Waals surface area contributed by atoms with E-state index in [9.17, 15) is 0 Å². The van der Waals surface area contributed by atoms with Gasteiger partial charge in [0.1, 0.15) is 11.5 Å². The van der Waals surface area contributed by atoms with Gasteiger partial charge in [0, 0.05) is 37.3 Å². The smallest absolute Gasteiger partial charge is 0.155 e. The van der Waals surface area contributed by atoms with Crippen LogP contribution in [0.15, 0.2) is 36.5 Å². The first-order valence-electron chi connectivity index (χ1n) is 8.95. The van der Waals surface area contributed by atoms with Gasteiger partial charge in [0.15, 0.2) is 5.65 Å². The van der Waals surface area contributed by atoms with Crippen LogP contribution in [0, 0.1) is 5.92 Å². The maximum Gasteiger partial charge on any atom is 0.155 e. The van der Waals surface area contributed by atoms with Crippen molar-refractivity contribution in [1.82, 2.24) is 25.5 Å². The standard InChI is InChI=1S/C19H24N6/c1-13(2)11-14-12-25(10-9-20-14)17-7-3-6-16(22-17)18-15-5-4-8-21-19(15)24-23-18/h3-8,13-14,20H,9-12H2,1-2H3,(H,21,23,24)/t14-/m0/s1. The molecule has 0 aliphatic carbocycles. The molecule has 1 saturated heterocycles. The van der Waals surface area contributed by atoms with Gasteiger partial charge in [0.25, 0.3) is 0 Å². The molecule has 4 rings (SSSR count). The van der Waals surface area contributed by atoms with Crippen molar-refractivity contribution in [2.75, 3.05) is 24.5 Å². The van der Waals surface area contributed by atoms with Crippen LogP contribution in [0.3, 0.4) is 0 Å². The van der Waals surface area contributed by atoms with E-state index in [4.69, 9.17) is 4.98 Å². The average molecular weight is 336 g/mol. The van der Waals surface area contributed by atoms with Crippen LogP contribution in [-0.2, 0) is 0 Å². The Kier molecular flexibility index (Phi) is 4.36. The van der Waals surface area contributed by atoms with Crippen molar-refractivity contribution in [3.8, 4) is 11.4 Å². The number of aromatic amines is 1. The Bertz CT molecular complexity index is 856. The first-order chi connectivity index (χ1) is 12.2. The monoisotopic (exact) mass is 336 g/mol. The van der Waals surface area contributed by atoms with Crippen LogP contribution < -0.4 is 10.2 Å². The molecule has 6 heteroatoms. The lowest BCUT2D eigenvalue weighted by molar-refractivity contribution is 0.387. The quantitative estimate of drug-likeness (QED) is 0.767. The number of hydrogen-bond donors (Lipinski definition) is 2. The van der Waals surface area contributed by atoms with Gasteiger partial charge >= 0.3 is 0 Å².